The second-order valence-electron chi connectivity index (χ2n) is 13.3. The number of carbonyl (C=O) groups is 2. The molecule has 44 heavy (non-hydrogen) atoms. The molecule has 0 rings (SSSR count). The molecule has 2 N–H and O–H groups in total. The molecule has 0 heterocycles. The highest BCUT2D eigenvalue weighted by atomic mass is 16.3. The summed E-state index contributed by atoms with van der Waals surface area (Å²) in [7, 11) is 0. The van der Waals surface area contributed by atoms with Crippen LogP contribution in [0.4, 0.5) is 0 Å². The first-order valence-electron chi connectivity index (χ1n) is 19.2. The molecule has 0 aliphatic heterocycles. The summed E-state index contributed by atoms with van der Waals surface area (Å²) in [5, 5.41) is 12.4. The van der Waals surface area contributed by atoms with Crippen molar-refractivity contribution in [2.24, 2.45) is 0 Å². The molecular formula is C40H75NO3. The first kappa shape index (κ1) is 42.7. The van der Waals surface area contributed by atoms with Gasteiger partial charge in [-0.1, -0.05) is 141 Å². The summed E-state index contributed by atoms with van der Waals surface area (Å²) in [5.41, 5.74) is -1.16. The Morgan fingerprint density at radius 1 is 0.500 bits per heavy atom. The number of Topliss-reactive ketones (excluding diaryl/α,β-unsaturated/α-hetero) is 2. The van der Waals surface area contributed by atoms with Gasteiger partial charge in [0, 0.05) is 19.4 Å². The van der Waals surface area contributed by atoms with Crippen LogP contribution in [-0.4, -0.2) is 35.4 Å². The monoisotopic (exact) mass is 618 g/mol. The number of aliphatic hydroxyl groups excluding tert-OH is 1. The van der Waals surface area contributed by atoms with Gasteiger partial charge in [0.1, 0.15) is 5.54 Å². The Morgan fingerprint density at radius 2 is 0.795 bits per heavy atom. The van der Waals surface area contributed by atoms with Gasteiger partial charge >= 0.3 is 0 Å². The lowest BCUT2D eigenvalue weighted by atomic mass is 9.85. The van der Waals surface area contributed by atoms with Gasteiger partial charge in [0.25, 0.3) is 0 Å². The van der Waals surface area contributed by atoms with Crippen LogP contribution in [0.3, 0.4) is 0 Å². The molecule has 0 saturated heterocycles. The fourth-order valence-electron chi connectivity index (χ4n) is 5.87. The van der Waals surface area contributed by atoms with Crippen molar-refractivity contribution in [2.45, 2.75) is 206 Å². The Labute approximate surface area is 274 Å². The van der Waals surface area contributed by atoms with E-state index < -0.39 is 5.54 Å². The van der Waals surface area contributed by atoms with Crippen LogP contribution in [0, 0.1) is 0 Å². The first-order chi connectivity index (χ1) is 21.5. The van der Waals surface area contributed by atoms with Crippen molar-refractivity contribution in [3.05, 3.63) is 24.3 Å². The number of nitrogens with one attached hydrogen (secondary N) is 1. The van der Waals surface area contributed by atoms with Gasteiger partial charge in [-0.2, -0.15) is 0 Å². The van der Waals surface area contributed by atoms with E-state index in [1.165, 1.54) is 116 Å². The van der Waals surface area contributed by atoms with Gasteiger partial charge in [-0.3, -0.25) is 14.9 Å². The van der Waals surface area contributed by atoms with Crippen LogP contribution < -0.4 is 5.32 Å². The molecule has 0 radical (unpaired) electrons. The van der Waals surface area contributed by atoms with E-state index in [-0.39, 0.29) is 24.7 Å². The highest BCUT2D eigenvalue weighted by Crippen LogP contribution is 2.19. The van der Waals surface area contributed by atoms with Crippen molar-refractivity contribution in [3.8, 4) is 0 Å². The standard InChI is InChI=1S/C40H75NO3/c1-4-6-8-10-12-14-16-18-20-22-24-26-28-30-32-34-38(43)40(3,41-36-37-42)39(44)35-33-31-29-27-25-23-21-19-17-15-13-11-9-7-5-2/h18-21,41-42H,4-17,22-37H2,1-3H3/b20-18-,21-19-. The highest BCUT2D eigenvalue weighted by Gasteiger charge is 2.38. The third-order valence-electron chi connectivity index (χ3n) is 9.04. The molecular weight excluding hydrogens is 542 g/mol. The lowest BCUT2D eigenvalue weighted by Gasteiger charge is -2.28. The van der Waals surface area contributed by atoms with Crippen LogP contribution in [0.2, 0.25) is 0 Å². The summed E-state index contributed by atoms with van der Waals surface area (Å²) in [6, 6.07) is 0. The number of β-amino-alcohol motifs (C(OH)–C–C–N with tert-alkyl or cyclic N) is 1. The van der Waals surface area contributed by atoms with Crippen molar-refractivity contribution < 1.29 is 14.7 Å². The fourth-order valence-corrected chi connectivity index (χ4v) is 5.87. The van der Waals surface area contributed by atoms with Crippen LogP contribution in [0.25, 0.3) is 0 Å². The SMILES string of the molecule is CCCCCCCC/C=C\CCCCCCCC(=O)C(C)(NCCO)C(=O)CCCCCCC/C=C\CCCCCCCC. The Morgan fingerprint density at radius 3 is 1.11 bits per heavy atom. The van der Waals surface area contributed by atoms with E-state index in [4.69, 9.17) is 0 Å². The minimum atomic E-state index is -1.16. The predicted octanol–water partition coefficient (Wildman–Crippen LogP) is 11.5. The van der Waals surface area contributed by atoms with Crippen LogP contribution >= 0.6 is 0 Å². The zero-order valence-corrected chi connectivity index (χ0v) is 29.8. The molecule has 0 aromatic heterocycles. The predicted molar refractivity (Wildman–Crippen MR) is 192 cm³/mol. The average molecular weight is 618 g/mol. The van der Waals surface area contributed by atoms with Crippen molar-refractivity contribution in [3.63, 3.8) is 0 Å². The molecule has 0 aliphatic rings. The molecule has 0 spiro atoms. The molecule has 0 bridgehead atoms. The van der Waals surface area contributed by atoms with Crippen LogP contribution in [0.5, 0.6) is 0 Å². The minimum absolute atomic E-state index is 0.0127. The summed E-state index contributed by atoms with van der Waals surface area (Å²) in [6.07, 6.45) is 42.1. The number of aliphatic hydroxyl groups is 1. The van der Waals surface area contributed by atoms with Gasteiger partial charge in [-0.25, -0.2) is 0 Å². The van der Waals surface area contributed by atoms with E-state index in [1.807, 2.05) is 0 Å². The molecule has 0 aliphatic carbocycles. The smallest absolute Gasteiger partial charge is 0.160 e. The van der Waals surface area contributed by atoms with Crippen molar-refractivity contribution in [1.29, 1.82) is 0 Å². The number of unbranched alkanes of at least 4 members (excludes halogenated alkanes) is 22. The van der Waals surface area contributed by atoms with Gasteiger partial charge < -0.3 is 5.11 Å². The minimum Gasteiger partial charge on any atom is -0.395 e. The Hall–Kier alpha value is -1.26. The normalized spacial score (nSPS) is 12.2. The van der Waals surface area contributed by atoms with Gasteiger partial charge in [0.15, 0.2) is 11.6 Å². The molecule has 4 heteroatoms. The number of rotatable bonds is 35. The summed E-state index contributed by atoms with van der Waals surface area (Å²) in [4.78, 5) is 26.3. The maximum Gasteiger partial charge on any atom is 0.160 e. The topological polar surface area (TPSA) is 66.4 Å². The van der Waals surface area contributed by atoms with Crippen LogP contribution in [0.15, 0.2) is 24.3 Å². The largest absolute Gasteiger partial charge is 0.395 e. The van der Waals surface area contributed by atoms with Gasteiger partial charge in [0.05, 0.1) is 6.61 Å². The molecule has 0 aromatic carbocycles. The van der Waals surface area contributed by atoms with E-state index in [0.29, 0.717) is 12.8 Å². The fraction of sp³-hybridized carbons (Fsp3) is 0.850. The third kappa shape index (κ3) is 26.0. The molecule has 0 atom stereocenters. The van der Waals surface area contributed by atoms with Crippen molar-refractivity contribution in [1.82, 2.24) is 5.32 Å². The Bertz CT molecular complexity index is 647. The lowest BCUT2D eigenvalue weighted by molar-refractivity contribution is -0.135. The number of carbonyl (C=O) groups excluding carboxylic acids is 2. The maximum absolute atomic E-state index is 13.1. The zero-order chi connectivity index (χ0) is 32.4. The number of hydrogen-bond donors (Lipinski definition) is 2. The molecule has 0 fully saturated rings. The second kappa shape index (κ2) is 33.1. The Kier molecular flexibility index (Phi) is 32.2. The van der Waals surface area contributed by atoms with Gasteiger partial charge in [-0.05, 0) is 71.1 Å². The molecule has 0 unspecified atom stereocenters. The van der Waals surface area contributed by atoms with Crippen molar-refractivity contribution >= 4 is 11.6 Å². The third-order valence-corrected chi connectivity index (χ3v) is 9.04. The van der Waals surface area contributed by atoms with E-state index >= 15 is 0 Å². The molecule has 258 valence electrons. The quantitative estimate of drug-likeness (QED) is 0.0422. The number of allylic oxidation sites excluding steroid dienone is 4. The highest BCUT2D eigenvalue weighted by molar-refractivity contribution is 6.11. The van der Waals surface area contributed by atoms with E-state index in [0.717, 1.165) is 51.4 Å². The Balaban J connectivity index is 3.98. The molecule has 4 nitrogen and oxygen atoms in total. The van der Waals surface area contributed by atoms with Crippen LogP contribution in [-0.2, 0) is 9.59 Å². The van der Waals surface area contributed by atoms with E-state index in [9.17, 15) is 14.7 Å². The van der Waals surface area contributed by atoms with Gasteiger partial charge in [0.2, 0.25) is 0 Å². The molecule has 0 aromatic rings. The molecule has 0 saturated carbocycles. The second-order valence-corrected chi connectivity index (χ2v) is 13.3. The summed E-state index contributed by atoms with van der Waals surface area (Å²) >= 11 is 0. The zero-order valence-electron chi connectivity index (χ0n) is 29.8. The number of hydrogen-bond acceptors (Lipinski definition) is 4. The maximum atomic E-state index is 13.1. The summed E-state index contributed by atoms with van der Waals surface area (Å²) in [6.45, 7) is 6.47. The first-order valence-corrected chi connectivity index (χ1v) is 19.2. The number of ketones is 2. The average Bonchev–Trinajstić information content (AvgIpc) is 3.03. The lowest BCUT2D eigenvalue weighted by Crippen LogP contribution is -2.56. The van der Waals surface area contributed by atoms with Crippen molar-refractivity contribution in [2.75, 3.05) is 13.2 Å². The van der Waals surface area contributed by atoms with E-state index in [1.54, 1.807) is 6.92 Å². The molecule has 0 amide bonds. The summed E-state index contributed by atoms with van der Waals surface area (Å²) < 4.78 is 0. The summed E-state index contributed by atoms with van der Waals surface area (Å²) in [5.74, 6) is -0.0253. The van der Waals surface area contributed by atoms with Crippen LogP contribution in [0.1, 0.15) is 201 Å². The van der Waals surface area contributed by atoms with Gasteiger partial charge in [-0.15, -0.1) is 0 Å². The van der Waals surface area contributed by atoms with E-state index in [2.05, 4.69) is 43.5 Å².